The van der Waals surface area contributed by atoms with Crippen molar-refractivity contribution < 1.29 is 14.2 Å². The molecule has 0 aliphatic rings. The summed E-state index contributed by atoms with van der Waals surface area (Å²) in [7, 11) is 4.86. The molecule has 5 heteroatoms. The number of unbranched alkanes of at least 4 members (excludes halogenated alkanes) is 1. The first-order valence-corrected chi connectivity index (χ1v) is 7.01. The maximum Gasteiger partial charge on any atom is 0.297 e. The van der Waals surface area contributed by atoms with Crippen molar-refractivity contribution in [2.45, 2.75) is 19.8 Å². The van der Waals surface area contributed by atoms with Crippen molar-refractivity contribution in [3.63, 3.8) is 0 Å². The van der Waals surface area contributed by atoms with Crippen molar-refractivity contribution in [2.24, 2.45) is 7.05 Å². The fourth-order valence-electron chi connectivity index (χ4n) is 2.24. The van der Waals surface area contributed by atoms with Gasteiger partial charge in [0.1, 0.15) is 5.75 Å². The molecule has 0 saturated carbocycles. The lowest BCUT2D eigenvalue weighted by Gasteiger charge is -2.15. The maximum absolute atomic E-state index is 12.5. The number of hydrogen-bond donors (Lipinski definition) is 0. The highest BCUT2D eigenvalue weighted by Crippen LogP contribution is 2.33. The minimum atomic E-state index is -0.205. The quantitative estimate of drug-likeness (QED) is 0.768. The molecule has 114 valence electrons. The van der Waals surface area contributed by atoms with Crippen LogP contribution in [0.1, 0.15) is 19.8 Å². The lowest BCUT2D eigenvalue weighted by Crippen LogP contribution is -2.21. The summed E-state index contributed by atoms with van der Waals surface area (Å²) in [4.78, 5) is 12.5. The smallest absolute Gasteiger partial charge is 0.297 e. The van der Waals surface area contributed by atoms with Gasteiger partial charge in [-0.3, -0.25) is 4.79 Å². The number of benzene rings is 1. The van der Waals surface area contributed by atoms with Crippen LogP contribution in [0, 0.1) is 0 Å². The molecule has 0 aliphatic carbocycles. The molecule has 21 heavy (non-hydrogen) atoms. The zero-order chi connectivity index (χ0) is 15.4. The average molecular weight is 291 g/mol. The summed E-state index contributed by atoms with van der Waals surface area (Å²) >= 11 is 0. The van der Waals surface area contributed by atoms with Crippen LogP contribution in [0.5, 0.6) is 17.2 Å². The van der Waals surface area contributed by atoms with Crippen LogP contribution in [0.3, 0.4) is 0 Å². The van der Waals surface area contributed by atoms with E-state index in [4.69, 9.17) is 14.2 Å². The van der Waals surface area contributed by atoms with E-state index in [1.165, 1.54) is 0 Å². The first-order chi connectivity index (χ1) is 10.1. The van der Waals surface area contributed by atoms with Gasteiger partial charge < -0.3 is 18.8 Å². The number of aromatic nitrogens is 1. The van der Waals surface area contributed by atoms with Crippen molar-refractivity contribution in [2.75, 3.05) is 20.8 Å². The summed E-state index contributed by atoms with van der Waals surface area (Å²) in [5, 5.41) is 0.826. The molecule has 5 nitrogen and oxygen atoms in total. The van der Waals surface area contributed by atoms with E-state index in [1.54, 1.807) is 25.8 Å². The molecule has 0 unspecified atom stereocenters. The van der Waals surface area contributed by atoms with Crippen LogP contribution in [0.4, 0.5) is 0 Å². The molecule has 0 fully saturated rings. The molecule has 0 N–H and O–H groups in total. The minimum Gasteiger partial charge on any atom is -0.497 e. The summed E-state index contributed by atoms with van der Waals surface area (Å²) < 4.78 is 17.8. The topological polar surface area (TPSA) is 49.7 Å². The van der Waals surface area contributed by atoms with Gasteiger partial charge in [-0.2, -0.15) is 0 Å². The molecule has 2 aromatic rings. The Labute approximate surface area is 124 Å². The summed E-state index contributed by atoms with van der Waals surface area (Å²) in [5.41, 5.74) is 0.544. The van der Waals surface area contributed by atoms with Crippen LogP contribution in [-0.2, 0) is 7.05 Å². The fourth-order valence-corrected chi connectivity index (χ4v) is 2.24. The van der Waals surface area contributed by atoms with Crippen molar-refractivity contribution in [1.82, 2.24) is 4.57 Å². The Morgan fingerprint density at radius 3 is 2.52 bits per heavy atom. The molecular weight excluding hydrogens is 270 g/mol. The van der Waals surface area contributed by atoms with Gasteiger partial charge in [0.2, 0.25) is 5.75 Å². The number of rotatable bonds is 6. The molecule has 1 aromatic heterocycles. The van der Waals surface area contributed by atoms with E-state index < -0.39 is 0 Å². The Morgan fingerprint density at radius 2 is 1.90 bits per heavy atom. The Kier molecular flexibility index (Phi) is 4.73. The standard InChI is InChI=1S/C16H21NO4/c1-5-6-9-21-15-14(20-4)12-8-7-11(19-3)10-13(12)17(2)16(15)18/h7-8,10H,5-6,9H2,1-4H3. The highest BCUT2D eigenvalue weighted by atomic mass is 16.5. The second kappa shape index (κ2) is 6.52. The van der Waals surface area contributed by atoms with Crippen molar-refractivity contribution in [1.29, 1.82) is 0 Å². The molecule has 2 rings (SSSR count). The first-order valence-electron chi connectivity index (χ1n) is 7.01. The molecule has 0 aliphatic heterocycles. The van der Waals surface area contributed by atoms with E-state index in [-0.39, 0.29) is 11.3 Å². The zero-order valence-corrected chi connectivity index (χ0v) is 12.9. The predicted octanol–water partition coefficient (Wildman–Crippen LogP) is 2.73. The number of nitrogens with zero attached hydrogens (tertiary/aromatic N) is 1. The minimum absolute atomic E-state index is 0.205. The molecule has 0 radical (unpaired) electrons. The third kappa shape index (κ3) is 2.82. The van der Waals surface area contributed by atoms with E-state index in [2.05, 4.69) is 6.92 Å². The summed E-state index contributed by atoms with van der Waals surface area (Å²) in [6, 6.07) is 5.53. The van der Waals surface area contributed by atoms with Crippen molar-refractivity contribution in [3.8, 4) is 17.2 Å². The Balaban J connectivity index is 2.64. The van der Waals surface area contributed by atoms with E-state index >= 15 is 0 Å². The lowest BCUT2D eigenvalue weighted by atomic mass is 10.1. The Hall–Kier alpha value is -2.17. The number of methoxy groups -OCH3 is 2. The third-order valence-corrected chi connectivity index (χ3v) is 3.46. The molecule has 1 heterocycles. The van der Waals surface area contributed by atoms with Gasteiger partial charge in [-0.1, -0.05) is 13.3 Å². The SMILES string of the molecule is CCCCOc1c(OC)c2ccc(OC)cc2n(C)c1=O. The monoisotopic (exact) mass is 291 g/mol. The number of pyridine rings is 1. The zero-order valence-electron chi connectivity index (χ0n) is 12.9. The van der Waals surface area contributed by atoms with Gasteiger partial charge in [0.15, 0.2) is 5.75 Å². The fraction of sp³-hybridized carbons (Fsp3) is 0.438. The first kappa shape index (κ1) is 15.2. The van der Waals surface area contributed by atoms with Crippen LogP contribution in [0.15, 0.2) is 23.0 Å². The van der Waals surface area contributed by atoms with Crippen LogP contribution in [0.2, 0.25) is 0 Å². The number of hydrogen-bond acceptors (Lipinski definition) is 4. The lowest BCUT2D eigenvalue weighted by molar-refractivity contribution is 0.284. The van der Waals surface area contributed by atoms with Gasteiger partial charge in [0, 0.05) is 18.5 Å². The van der Waals surface area contributed by atoms with Crippen LogP contribution < -0.4 is 19.8 Å². The van der Waals surface area contributed by atoms with Gasteiger partial charge in [-0.05, 0) is 18.6 Å². The van der Waals surface area contributed by atoms with Gasteiger partial charge in [0.05, 0.1) is 26.3 Å². The van der Waals surface area contributed by atoms with E-state index in [0.717, 1.165) is 23.7 Å². The van der Waals surface area contributed by atoms with Crippen molar-refractivity contribution >= 4 is 10.9 Å². The molecule has 0 saturated heterocycles. The molecule has 0 amide bonds. The molecule has 0 bridgehead atoms. The van der Waals surface area contributed by atoms with Gasteiger partial charge >= 0.3 is 0 Å². The van der Waals surface area contributed by atoms with Gasteiger partial charge in [-0.15, -0.1) is 0 Å². The largest absolute Gasteiger partial charge is 0.497 e. The highest BCUT2D eigenvalue weighted by Gasteiger charge is 2.17. The predicted molar refractivity (Wildman–Crippen MR) is 82.7 cm³/mol. The molecule has 0 spiro atoms. The Morgan fingerprint density at radius 1 is 1.14 bits per heavy atom. The summed E-state index contributed by atoms with van der Waals surface area (Å²) in [5.74, 6) is 1.44. The molecule has 1 aromatic carbocycles. The van der Waals surface area contributed by atoms with Gasteiger partial charge in [-0.25, -0.2) is 0 Å². The number of ether oxygens (including phenoxy) is 3. The third-order valence-electron chi connectivity index (χ3n) is 3.46. The number of aryl methyl sites for hydroxylation is 1. The second-order valence-corrected chi connectivity index (χ2v) is 4.81. The van der Waals surface area contributed by atoms with Crippen molar-refractivity contribution in [3.05, 3.63) is 28.6 Å². The maximum atomic E-state index is 12.5. The normalized spacial score (nSPS) is 10.7. The van der Waals surface area contributed by atoms with Crippen LogP contribution in [-0.4, -0.2) is 25.4 Å². The van der Waals surface area contributed by atoms with Crippen LogP contribution in [0.25, 0.3) is 10.9 Å². The number of fused-ring (bicyclic) bond motifs is 1. The highest BCUT2D eigenvalue weighted by molar-refractivity contribution is 5.88. The summed E-state index contributed by atoms with van der Waals surface area (Å²) in [6.07, 6.45) is 1.90. The Bertz CT molecular complexity index is 691. The summed E-state index contributed by atoms with van der Waals surface area (Å²) in [6.45, 7) is 2.58. The van der Waals surface area contributed by atoms with E-state index in [9.17, 15) is 4.79 Å². The second-order valence-electron chi connectivity index (χ2n) is 4.81. The van der Waals surface area contributed by atoms with E-state index in [1.807, 2.05) is 18.2 Å². The van der Waals surface area contributed by atoms with Crippen LogP contribution >= 0.6 is 0 Å². The van der Waals surface area contributed by atoms with Gasteiger partial charge in [0.25, 0.3) is 5.56 Å². The van der Waals surface area contributed by atoms with E-state index in [0.29, 0.717) is 18.1 Å². The average Bonchev–Trinajstić information content (AvgIpc) is 2.52. The molecular formula is C16H21NO4. The molecule has 0 atom stereocenters.